The van der Waals surface area contributed by atoms with Crippen LogP contribution in [-0.4, -0.2) is 22.2 Å². The Kier molecular flexibility index (Phi) is 3.84. The molecule has 0 aromatic heterocycles. The minimum atomic E-state index is -1.60. The van der Waals surface area contributed by atoms with Crippen LogP contribution in [0.1, 0.15) is 0 Å². The SMILES string of the molecule is N#CN(C=C(C(=O)O)C(=O)O)c1ccccc1. The van der Waals surface area contributed by atoms with Gasteiger partial charge in [-0.05, 0) is 12.1 Å². The van der Waals surface area contributed by atoms with Crippen LogP contribution in [0.2, 0.25) is 0 Å². The highest BCUT2D eigenvalue weighted by atomic mass is 16.4. The number of rotatable bonds is 4. The lowest BCUT2D eigenvalue weighted by molar-refractivity contribution is -0.140. The summed E-state index contributed by atoms with van der Waals surface area (Å²) in [5.41, 5.74) is -0.495. The number of anilines is 1. The first kappa shape index (κ1) is 12.3. The third kappa shape index (κ3) is 3.07. The van der Waals surface area contributed by atoms with E-state index in [0.717, 1.165) is 11.1 Å². The molecule has 0 heterocycles. The predicted octanol–water partition coefficient (Wildman–Crippen LogP) is 1.03. The van der Waals surface area contributed by atoms with Gasteiger partial charge in [0.05, 0.1) is 5.69 Å². The van der Waals surface area contributed by atoms with Crippen LogP contribution >= 0.6 is 0 Å². The van der Waals surface area contributed by atoms with Crippen LogP contribution in [0.25, 0.3) is 0 Å². The summed E-state index contributed by atoms with van der Waals surface area (Å²) in [5.74, 6) is -3.21. The summed E-state index contributed by atoms with van der Waals surface area (Å²) in [4.78, 5) is 22.1. The third-order valence-electron chi connectivity index (χ3n) is 1.86. The van der Waals surface area contributed by atoms with Crippen molar-refractivity contribution < 1.29 is 19.8 Å². The van der Waals surface area contributed by atoms with Crippen LogP contribution in [0.4, 0.5) is 5.69 Å². The summed E-state index contributed by atoms with van der Waals surface area (Å²) in [6, 6.07) is 8.13. The van der Waals surface area contributed by atoms with E-state index in [9.17, 15) is 9.59 Å². The fraction of sp³-hybridized carbons (Fsp3) is 0. The molecule has 0 aliphatic rings. The third-order valence-corrected chi connectivity index (χ3v) is 1.86. The molecule has 2 N–H and O–H groups in total. The number of carboxylic acids is 2. The number of hydrogen-bond donors (Lipinski definition) is 2. The zero-order valence-electron chi connectivity index (χ0n) is 8.57. The predicted molar refractivity (Wildman–Crippen MR) is 57.9 cm³/mol. The largest absolute Gasteiger partial charge is 0.477 e. The van der Waals surface area contributed by atoms with Crippen molar-refractivity contribution in [3.63, 3.8) is 0 Å². The first-order valence-corrected chi connectivity index (χ1v) is 4.48. The van der Waals surface area contributed by atoms with E-state index in [4.69, 9.17) is 15.5 Å². The van der Waals surface area contributed by atoms with Crippen molar-refractivity contribution >= 4 is 17.6 Å². The van der Waals surface area contributed by atoms with Crippen LogP contribution < -0.4 is 4.90 Å². The van der Waals surface area contributed by atoms with E-state index < -0.39 is 17.5 Å². The topological polar surface area (TPSA) is 102 Å². The first-order chi connectivity index (χ1) is 8.06. The van der Waals surface area contributed by atoms with Gasteiger partial charge >= 0.3 is 11.9 Å². The van der Waals surface area contributed by atoms with E-state index in [1.54, 1.807) is 36.5 Å². The maximum Gasteiger partial charge on any atom is 0.344 e. The lowest BCUT2D eigenvalue weighted by atomic mass is 10.2. The highest BCUT2D eigenvalue weighted by molar-refractivity contribution is 6.12. The summed E-state index contributed by atoms with van der Waals surface area (Å²) in [6.07, 6.45) is 2.45. The molecule has 0 amide bonds. The average Bonchev–Trinajstić information content (AvgIpc) is 2.30. The van der Waals surface area contributed by atoms with Crippen LogP contribution in [0.3, 0.4) is 0 Å². The Morgan fingerprint density at radius 2 is 1.71 bits per heavy atom. The number of nitriles is 1. The Morgan fingerprint density at radius 3 is 2.12 bits per heavy atom. The summed E-state index contributed by atoms with van der Waals surface area (Å²) < 4.78 is 0. The number of benzene rings is 1. The van der Waals surface area contributed by atoms with Crippen molar-refractivity contribution in [1.29, 1.82) is 5.26 Å². The molecule has 0 saturated carbocycles. The second kappa shape index (κ2) is 5.32. The summed E-state index contributed by atoms with van der Waals surface area (Å²) in [5, 5.41) is 26.1. The van der Waals surface area contributed by atoms with Crippen molar-refractivity contribution in [3.8, 4) is 6.19 Å². The molecule has 0 radical (unpaired) electrons. The molecular formula is C11H8N2O4. The Bertz CT molecular complexity index is 486. The van der Waals surface area contributed by atoms with Gasteiger partial charge in [-0.1, -0.05) is 18.2 Å². The lowest BCUT2D eigenvalue weighted by Gasteiger charge is -2.10. The molecule has 1 rings (SSSR count). The molecule has 0 aliphatic carbocycles. The molecule has 6 heteroatoms. The van der Waals surface area contributed by atoms with Gasteiger partial charge in [0.2, 0.25) is 0 Å². The molecule has 0 saturated heterocycles. The molecule has 0 fully saturated rings. The lowest BCUT2D eigenvalue weighted by Crippen LogP contribution is -2.17. The van der Waals surface area contributed by atoms with E-state index in [-0.39, 0.29) is 0 Å². The maximum atomic E-state index is 10.6. The Hall–Kier alpha value is -2.81. The zero-order valence-corrected chi connectivity index (χ0v) is 8.57. The van der Waals surface area contributed by atoms with Crippen LogP contribution in [0, 0.1) is 11.5 Å². The molecule has 17 heavy (non-hydrogen) atoms. The molecule has 0 aliphatic heterocycles. The molecule has 1 aromatic carbocycles. The van der Waals surface area contributed by atoms with E-state index >= 15 is 0 Å². The second-order valence-corrected chi connectivity index (χ2v) is 2.96. The number of carboxylic acid groups (broad SMARTS) is 2. The van der Waals surface area contributed by atoms with Crippen molar-refractivity contribution in [3.05, 3.63) is 42.1 Å². The normalized spacial score (nSPS) is 8.88. The minimum Gasteiger partial charge on any atom is -0.477 e. The van der Waals surface area contributed by atoms with Gasteiger partial charge in [0.25, 0.3) is 0 Å². The van der Waals surface area contributed by atoms with Gasteiger partial charge in [0.1, 0.15) is 0 Å². The van der Waals surface area contributed by atoms with Gasteiger partial charge in [-0.25, -0.2) is 9.59 Å². The quantitative estimate of drug-likeness (QED) is 0.264. The molecule has 0 unspecified atom stereocenters. The first-order valence-electron chi connectivity index (χ1n) is 4.48. The van der Waals surface area contributed by atoms with Gasteiger partial charge in [0, 0.05) is 6.20 Å². The molecule has 1 aromatic rings. The van der Waals surface area contributed by atoms with Gasteiger partial charge in [0.15, 0.2) is 11.8 Å². The average molecular weight is 232 g/mol. The van der Waals surface area contributed by atoms with Crippen LogP contribution in [0.5, 0.6) is 0 Å². The van der Waals surface area contributed by atoms with Crippen LogP contribution in [-0.2, 0) is 9.59 Å². The zero-order chi connectivity index (χ0) is 12.8. The van der Waals surface area contributed by atoms with Crippen molar-refractivity contribution in [2.45, 2.75) is 0 Å². The van der Waals surface area contributed by atoms with E-state index in [1.807, 2.05) is 0 Å². The molecule has 0 atom stereocenters. The molecule has 0 bridgehead atoms. The van der Waals surface area contributed by atoms with Crippen molar-refractivity contribution in [1.82, 2.24) is 0 Å². The summed E-state index contributed by atoms with van der Waals surface area (Å²) in [6.45, 7) is 0. The number of hydrogen-bond acceptors (Lipinski definition) is 4. The van der Waals surface area contributed by atoms with Crippen LogP contribution in [0.15, 0.2) is 42.1 Å². The van der Waals surface area contributed by atoms with Gasteiger partial charge in [-0.15, -0.1) is 0 Å². The highest BCUT2D eigenvalue weighted by Crippen LogP contribution is 2.14. The standard InChI is InChI=1S/C11H8N2O4/c12-7-13(8-4-2-1-3-5-8)6-9(10(14)15)11(16)17/h1-6H,(H,14,15)(H,16,17). The van der Waals surface area contributed by atoms with E-state index in [2.05, 4.69) is 0 Å². The van der Waals surface area contributed by atoms with E-state index in [0.29, 0.717) is 5.69 Å². The molecule has 86 valence electrons. The number of aliphatic carboxylic acids is 2. The molecule has 0 spiro atoms. The molecular weight excluding hydrogens is 224 g/mol. The Balaban J connectivity index is 3.13. The minimum absolute atomic E-state index is 0.384. The molecule has 6 nitrogen and oxygen atoms in total. The van der Waals surface area contributed by atoms with Gasteiger partial charge < -0.3 is 10.2 Å². The monoisotopic (exact) mass is 232 g/mol. The van der Waals surface area contributed by atoms with Crippen molar-refractivity contribution in [2.75, 3.05) is 4.90 Å². The Morgan fingerprint density at radius 1 is 1.18 bits per heavy atom. The summed E-state index contributed by atoms with van der Waals surface area (Å²) >= 11 is 0. The number of nitrogens with zero attached hydrogens (tertiary/aromatic N) is 2. The number of carbonyl (C=O) groups is 2. The fourth-order valence-electron chi connectivity index (χ4n) is 1.08. The van der Waals surface area contributed by atoms with Crippen molar-refractivity contribution in [2.24, 2.45) is 0 Å². The fourth-order valence-corrected chi connectivity index (χ4v) is 1.08. The maximum absolute atomic E-state index is 10.6. The van der Waals surface area contributed by atoms with E-state index in [1.165, 1.54) is 0 Å². The second-order valence-electron chi connectivity index (χ2n) is 2.96. The van der Waals surface area contributed by atoms with Gasteiger partial charge in [-0.3, -0.25) is 4.90 Å². The number of para-hydroxylation sites is 1. The summed E-state index contributed by atoms with van der Waals surface area (Å²) in [7, 11) is 0. The Labute approximate surface area is 96.6 Å². The smallest absolute Gasteiger partial charge is 0.344 e. The highest BCUT2D eigenvalue weighted by Gasteiger charge is 2.18. The van der Waals surface area contributed by atoms with Gasteiger partial charge in [-0.2, -0.15) is 5.26 Å².